The molecule has 0 saturated heterocycles. The average Bonchev–Trinajstić information content (AvgIpc) is 2.82. The molecular formula is C26H39N3O4. The van der Waals surface area contributed by atoms with Gasteiger partial charge in [0.2, 0.25) is 0 Å². The Kier molecular flexibility index (Phi) is 13.0. The van der Waals surface area contributed by atoms with Crippen molar-refractivity contribution in [2.75, 3.05) is 26.3 Å². The van der Waals surface area contributed by atoms with Gasteiger partial charge in [-0.15, -0.1) is 0 Å². The standard InChI is InChI=1S/C26H39N3O4/c27-26(32)29-19-23-18-22(13-14-24(23)30)25(31)20-28-15-7-1-2-8-16-33-17-9-6-12-21-10-4-3-5-11-21/h3-5,10-11,13-14,18,25,28,30-31H,1-2,6-9,12,15-17,19-20H2,(H3,27,29,32). The number of phenols is 1. The highest BCUT2D eigenvalue weighted by molar-refractivity contribution is 5.71. The number of carbonyl (C=O) groups excluding carboxylic acids is 1. The highest BCUT2D eigenvalue weighted by atomic mass is 16.5. The summed E-state index contributed by atoms with van der Waals surface area (Å²) in [6.45, 7) is 3.05. The molecule has 2 aromatic carbocycles. The highest BCUT2D eigenvalue weighted by Gasteiger charge is 2.10. The van der Waals surface area contributed by atoms with Gasteiger partial charge in [-0.1, -0.05) is 49.2 Å². The van der Waals surface area contributed by atoms with Crippen molar-refractivity contribution in [2.24, 2.45) is 5.73 Å². The summed E-state index contributed by atoms with van der Waals surface area (Å²) >= 11 is 0. The van der Waals surface area contributed by atoms with Crippen LogP contribution in [0.25, 0.3) is 0 Å². The number of benzene rings is 2. The minimum atomic E-state index is -0.687. The number of carbonyl (C=O) groups is 1. The highest BCUT2D eigenvalue weighted by Crippen LogP contribution is 2.22. The van der Waals surface area contributed by atoms with Gasteiger partial charge in [0.05, 0.1) is 6.10 Å². The molecule has 0 radical (unpaired) electrons. The third-order valence-electron chi connectivity index (χ3n) is 5.52. The van der Waals surface area contributed by atoms with Gasteiger partial charge >= 0.3 is 6.03 Å². The number of nitrogens with two attached hydrogens (primary N) is 1. The Morgan fingerprint density at radius 2 is 1.70 bits per heavy atom. The molecule has 0 fully saturated rings. The molecule has 2 aromatic rings. The first-order valence-electron chi connectivity index (χ1n) is 11.9. The van der Waals surface area contributed by atoms with E-state index in [1.54, 1.807) is 12.1 Å². The Morgan fingerprint density at radius 3 is 2.45 bits per heavy atom. The van der Waals surface area contributed by atoms with Crippen molar-refractivity contribution in [3.05, 3.63) is 65.2 Å². The van der Waals surface area contributed by atoms with E-state index in [0.29, 0.717) is 17.7 Å². The molecule has 1 atom stereocenters. The lowest BCUT2D eigenvalue weighted by Gasteiger charge is -2.14. The van der Waals surface area contributed by atoms with Crippen molar-refractivity contribution in [3.63, 3.8) is 0 Å². The van der Waals surface area contributed by atoms with Crippen molar-refractivity contribution in [3.8, 4) is 5.75 Å². The number of aromatic hydroxyl groups is 1. The number of aliphatic hydroxyl groups is 1. The minimum Gasteiger partial charge on any atom is -0.508 e. The number of phenolic OH excluding ortho intramolecular Hbond substituents is 1. The van der Waals surface area contributed by atoms with Crippen LogP contribution in [-0.4, -0.2) is 42.5 Å². The summed E-state index contributed by atoms with van der Waals surface area (Å²) in [7, 11) is 0. The molecule has 0 aliphatic rings. The number of aryl methyl sites for hydroxylation is 1. The summed E-state index contributed by atoms with van der Waals surface area (Å²) in [5.74, 6) is 0.0591. The van der Waals surface area contributed by atoms with Crippen LogP contribution in [0.3, 0.4) is 0 Å². The fraction of sp³-hybridized carbons (Fsp3) is 0.500. The van der Waals surface area contributed by atoms with Crippen LogP contribution >= 0.6 is 0 Å². The predicted octanol–water partition coefficient (Wildman–Crippen LogP) is 3.78. The van der Waals surface area contributed by atoms with Crippen LogP contribution in [0, 0.1) is 0 Å². The summed E-state index contributed by atoms with van der Waals surface area (Å²) in [4.78, 5) is 10.9. The van der Waals surface area contributed by atoms with Gasteiger partial charge in [0, 0.05) is 31.9 Å². The molecule has 182 valence electrons. The molecule has 0 heterocycles. The van der Waals surface area contributed by atoms with Crippen LogP contribution < -0.4 is 16.4 Å². The SMILES string of the molecule is NC(=O)NCc1cc(C(O)CNCCCCCCOCCCCc2ccccc2)ccc1O. The maximum Gasteiger partial charge on any atom is 0.312 e. The van der Waals surface area contributed by atoms with Crippen LogP contribution in [0.4, 0.5) is 4.79 Å². The van der Waals surface area contributed by atoms with Crippen LogP contribution in [-0.2, 0) is 17.7 Å². The summed E-state index contributed by atoms with van der Waals surface area (Å²) in [5.41, 5.74) is 7.66. The molecule has 2 amide bonds. The Bertz CT molecular complexity index is 801. The maximum atomic E-state index is 10.9. The molecule has 2 rings (SSSR count). The molecule has 0 aliphatic heterocycles. The second-order valence-corrected chi connectivity index (χ2v) is 8.30. The van der Waals surface area contributed by atoms with E-state index in [2.05, 4.69) is 34.9 Å². The molecule has 0 bridgehead atoms. The summed E-state index contributed by atoms with van der Waals surface area (Å²) in [5, 5.41) is 25.9. The first kappa shape index (κ1) is 26.6. The van der Waals surface area contributed by atoms with Crippen molar-refractivity contribution in [2.45, 2.75) is 57.6 Å². The number of primary amides is 1. The van der Waals surface area contributed by atoms with E-state index in [-0.39, 0.29) is 12.3 Å². The molecule has 6 N–H and O–H groups in total. The van der Waals surface area contributed by atoms with E-state index in [0.717, 1.165) is 64.7 Å². The Balaban J connectivity index is 1.44. The van der Waals surface area contributed by atoms with Crippen LogP contribution in [0.2, 0.25) is 0 Å². The smallest absolute Gasteiger partial charge is 0.312 e. The van der Waals surface area contributed by atoms with Gasteiger partial charge in [0.25, 0.3) is 0 Å². The van der Waals surface area contributed by atoms with Gasteiger partial charge < -0.3 is 31.3 Å². The average molecular weight is 458 g/mol. The van der Waals surface area contributed by atoms with Crippen molar-refractivity contribution in [1.29, 1.82) is 0 Å². The van der Waals surface area contributed by atoms with Gasteiger partial charge in [0.1, 0.15) is 5.75 Å². The summed E-state index contributed by atoms with van der Waals surface area (Å²) < 4.78 is 5.73. The Morgan fingerprint density at radius 1 is 0.970 bits per heavy atom. The van der Waals surface area contributed by atoms with Gasteiger partial charge in [-0.25, -0.2) is 4.79 Å². The molecule has 0 aliphatic carbocycles. The van der Waals surface area contributed by atoms with Crippen molar-refractivity contribution >= 4 is 6.03 Å². The Hall–Kier alpha value is -2.61. The van der Waals surface area contributed by atoms with Crippen LogP contribution in [0.15, 0.2) is 48.5 Å². The van der Waals surface area contributed by atoms with E-state index in [4.69, 9.17) is 10.5 Å². The number of rotatable bonds is 17. The molecule has 33 heavy (non-hydrogen) atoms. The topological polar surface area (TPSA) is 117 Å². The molecule has 0 saturated carbocycles. The lowest BCUT2D eigenvalue weighted by molar-refractivity contribution is 0.126. The lowest BCUT2D eigenvalue weighted by Crippen LogP contribution is -2.28. The fourth-order valence-electron chi connectivity index (χ4n) is 3.58. The summed E-state index contributed by atoms with van der Waals surface area (Å²) in [6.07, 6.45) is 7.09. The molecule has 7 heteroatoms. The summed E-state index contributed by atoms with van der Waals surface area (Å²) in [6, 6.07) is 14.8. The molecule has 0 aromatic heterocycles. The Labute approximate surface area is 197 Å². The van der Waals surface area contributed by atoms with Gasteiger partial charge in [0.15, 0.2) is 0 Å². The molecule has 1 unspecified atom stereocenters. The van der Waals surface area contributed by atoms with Gasteiger partial charge in [-0.2, -0.15) is 0 Å². The second-order valence-electron chi connectivity index (χ2n) is 8.30. The van der Waals surface area contributed by atoms with Gasteiger partial charge in [-0.05, 0) is 61.9 Å². The van der Waals surface area contributed by atoms with E-state index in [9.17, 15) is 15.0 Å². The number of hydrogen-bond acceptors (Lipinski definition) is 5. The maximum absolute atomic E-state index is 10.9. The molecular weight excluding hydrogens is 418 g/mol. The number of urea groups is 1. The zero-order chi connectivity index (χ0) is 23.7. The van der Waals surface area contributed by atoms with Crippen molar-refractivity contribution < 1.29 is 19.7 Å². The van der Waals surface area contributed by atoms with E-state index in [1.807, 2.05) is 6.07 Å². The number of hydrogen-bond donors (Lipinski definition) is 5. The predicted molar refractivity (Wildman–Crippen MR) is 131 cm³/mol. The fourth-order valence-corrected chi connectivity index (χ4v) is 3.58. The molecule has 0 spiro atoms. The quantitative estimate of drug-likeness (QED) is 0.232. The van der Waals surface area contributed by atoms with Crippen LogP contribution in [0.5, 0.6) is 5.75 Å². The number of nitrogens with one attached hydrogen (secondary N) is 2. The largest absolute Gasteiger partial charge is 0.508 e. The third kappa shape index (κ3) is 11.7. The lowest BCUT2D eigenvalue weighted by atomic mass is 10.0. The van der Waals surface area contributed by atoms with E-state index >= 15 is 0 Å². The first-order valence-corrected chi connectivity index (χ1v) is 11.9. The van der Waals surface area contributed by atoms with E-state index in [1.165, 1.54) is 11.6 Å². The molecule has 7 nitrogen and oxygen atoms in total. The normalized spacial score (nSPS) is 11.9. The minimum absolute atomic E-state index is 0.0591. The van der Waals surface area contributed by atoms with Crippen LogP contribution in [0.1, 0.15) is 61.3 Å². The number of ether oxygens (including phenoxy) is 1. The first-order chi connectivity index (χ1) is 16.1. The van der Waals surface area contributed by atoms with E-state index < -0.39 is 12.1 Å². The zero-order valence-electron chi connectivity index (χ0n) is 19.5. The second kappa shape index (κ2) is 16.1. The number of amides is 2. The monoisotopic (exact) mass is 457 g/mol. The number of aliphatic hydroxyl groups excluding tert-OH is 1. The zero-order valence-corrected chi connectivity index (χ0v) is 19.5. The third-order valence-corrected chi connectivity index (χ3v) is 5.52. The van der Waals surface area contributed by atoms with Gasteiger partial charge in [-0.3, -0.25) is 0 Å². The number of unbranched alkanes of at least 4 members (excludes halogenated alkanes) is 4. The van der Waals surface area contributed by atoms with Crippen molar-refractivity contribution in [1.82, 2.24) is 10.6 Å².